The second-order valence-corrected chi connectivity index (χ2v) is 7.89. The largest absolute Gasteiger partial charge is 0.364 e. The molecule has 1 aromatic heterocycles. The predicted octanol–water partition coefficient (Wildman–Crippen LogP) is 1.71. The molecule has 0 spiro atoms. The highest BCUT2D eigenvalue weighted by Crippen LogP contribution is 2.34. The molecule has 3 aliphatic rings. The average molecular weight is 321 g/mol. The van der Waals surface area contributed by atoms with E-state index in [1.165, 1.54) is 0 Å². The van der Waals surface area contributed by atoms with Gasteiger partial charge in [-0.15, -0.1) is 11.3 Å². The summed E-state index contributed by atoms with van der Waals surface area (Å²) in [5.74, 6) is 0.655. The fourth-order valence-corrected chi connectivity index (χ4v) is 4.14. The molecule has 3 atom stereocenters. The van der Waals surface area contributed by atoms with E-state index in [0.717, 1.165) is 56.0 Å². The van der Waals surface area contributed by atoms with Crippen LogP contribution in [0.5, 0.6) is 0 Å². The van der Waals surface area contributed by atoms with Crippen LogP contribution in [0.1, 0.15) is 36.4 Å². The fourth-order valence-electron chi connectivity index (χ4n) is 3.54. The van der Waals surface area contributed by atoms with E-state index in [-0.39, 0.29) is 18.1 Å². The molecule has 4 rings (SSSR count). The average Bonchev–Trinajstić information content (AvgIpc) is 3.05. The lowest BCUT2D eigenvalue weighted by Crippen LogP contribution is -2.42. The van der Waals surface area contributed by atoms with Crippen LogP contribution < -0.4 is 5.32 Å². The first-order valence-electron chi connectivity index (χ1n) is 8.26. The van der Waals surface area contributed by atoms with E-state index in [2.05, 4.69) is 20.6 Å². The Balaban J connectivity index is 1.32. The Hall–Kier alpha value is -0.980. The van der Waals surface area contributed by atoms with E-state index < -0.39 is 0 Å². The van der Waals surface area contributed by atoms with Gasteiger partial charge in [-0.25, -0.2) is 4.98 Å². The predicted molar refractivity (Wildman–Crippen MR) is 84.7 cm³/mol. The molecule has 0 unspecified atom stereocenters. The summed E-state index contributed by atoms with van der Waals surface area (Å²) in [5, 5.41) is 6.34. The first kappa shape index (κ1) is 14.6. The number of piperidine rings is 1. The summed E-state index contributed by atoms with van der Waals surface area (Å²) in [6.45, 7) is 4.95. The summed E-state index contributed by atoms with van der Waals surface area (Å²) in [5.41, 5.74) is 1.15. The third kappa shape index (κ3) is 3.19. The van der Waals surface area contributed by atoms with Crippen molar-refractivity contribution in [1.29, 1.82) is 0 Å². The molecular weight excluding hydrogens is 298 g/mol. The van der Waals surface area contributed by atoms with E-state index >= 15 is 0 Å². The molecule has 1 aromatic rings. The van der Waals surface area contributed by atoms with Crippen LogP contribution in [-0.4, -0.2) is 47.1 Å². The van der Waals surface area contributed by atoms with Crippen LogP contribution in [0.2, 0.25) is 0 Å². The zero-order valence-corrected chi connectivity index (χ0v) is 13.8. The quantitative estimate of drug-likeness (QED) is 0.917. The molecule has 22 heavy (non-hydrogen) atoms. The Labute approximate surface area is 135 Å². The number of ether oxygens (including phenoxy) is 1. The van der Waals surface area contributed by atoms with Crippen LogP contribution in [0.4, 0.5) is 0 Å². The van der Waals surface area contributed by atoms with Gasteiger partial charge in [-0.1, -0.05) is 0 Å². The van der Waals surface area contributed by atoms with Crippen molar-refractivity contribution in [3.05, 3.63) is 16.1 Å². The molecule has 1 aliphatic carbocycles. The van der Waals surface area contributed by atoms with Crippen LogP contribution >= 0.6 is 11.3 Å². The number of hydrogen-bond donors (Lipinski definition) is 1. The van der Waals surface area contributed by atoms with Gasteiger partial charge in [-0.3, -0.25) is 9.69 Å². The minimum atomic E-state index is -0.225. The molecule has 1 amide bonds. The normalized spacial score (nSPS) is 32.0. The molecule has 3 fully saturated rings. The van der Waals surface area contributed by atoms with Crippen molar-refractivity contribution in [3.8, 4) is 0 Å². The van der Waals surface area contributed by atoms with Gasteiger partial charge < -0.3 is 10.1 Å². The van der Waals surface area contributed by atoms with E-state index in [1.54, 1.807) is 11.3 Å². The zero-order chi connectivity index (χ0) is 15.1. The van der Waals surface area contributed by atoms with Crippen LogP contribution in [0.3, 0.4) is 0 Å². The molecule has 0 radical (unpaired) electrons. The number of nitrogens with zero attached hydrogens (tertiary/aromatic N) is 2. The zero-order valence-electron chi connectivity index (χ0n) is 13.0. The van der Waals surface area contributed by atoms with Gasteiger partial charge >= 0.3 is 0 Å². The molecule has 1 saturated carbocycles. The minimum absolute atomic E-state index is 0.110. The SMILES string of the molecule is Cc1nc(CN2CC[C@H]3C[C@H](C(=O)NC4CC4)O[C@H]3C2)cs1. The number of carbonyl (C=O) groups is 1. The maximum absolute atomic E-state index is 12.2. The molecule has 5 nitrogen and oxygen atoms in total. The molecule has 1 N–H and O–H groups in total. The Morgan fingerprint density at radius 3 is 3.09 bits per heavy atom. The van der Waals surface area contributed by atoms with Crippen molar-refractivity contribution in [2.75, 3.05) is 13.1 Å². The Morgan fingerprint density at radius 1 is 1.50 bits per heavy atom. The lowest BCUT2D eigenvalue weighted by Gasteiger charge is -2.33. The van der Waals surface area contributed by atoms with Crippen molar-refractivity contribution >= 4 is 17.2 Å². The van der Waals surface area contributed by atoms with Gasteiger partial charge in [0.2, 0.25) is 5.91 Å². The van der Waals surface area contributed by atoms with E-state index in [4.69, 9.17) is 4.74 Å². The summed E-state index contributed by atoms with van der Waals surface area (Å²) in [6, 6.07) is 0.420. The number of likely N-dealkylation sites (tertiary alicyclic amines) is 1. The molecule has 120 valence electrons. The van der Waals surface area contributed by atoms with Gasteiger partial charge in [0.05, 0.1) is 16.8 Å². The first-order chi connectivity index (χ1) is 10.7. The van der Waals surface area contributed by atoms with Gasteiger partial charge in [0.25, 0.3) is 0 Å². The Bertz CT molecular complexity index is 557. The highest BCUT2D eigenvalue weighted by Gasteiger charge is 2.42. The first-order valence-corrected chi connectivity index (χ1v) is 9.14. The maximum Gasteiger partial charge on any atom is 0.249 e. The van der Waals surface area contributed by atoms with Crippen molar-refractivity contribution < 1.29 is 9.53 Å². The number of aromatic nitrogens is 1. The summed E-state index contributed by atoms with van der Waals surface area (Å²) in [4.78, 5) is 19.1. The summed E-state index contributed by atoms with van der Waals surface area (Å²) in [6.07, 6.45) is 4.27. The summed E-state index contributed by atoms with van der Waals surface area (Å²) in [7, 11) is 0. The highest BCUT2D eigenvalue weighted by molar-refractivity contribution is 7.09. The number of hydrogen-bond acceptors (Lipinski definition) is 5. The monoisotopic (exact) mass is 321 g/mol. The second kappa shape index (κ2) is 5.91. The number of fused-ring (bicyclic) bond motifs is 1. The number of rotatable bonds is 4. The van der Waals surface area contributed by atoms with Crippen LogP contribution in [-0.2, 0) is 16.1 Å². The van der Waals surface area contributed by atoms with Gasteiger partial charge in [0.15, 0.2) is 0 Å². The van der Waals surface area contributed by atoms with Crippen molar-refractivity contribution in [1.82, 2.24) is 15.2 Å². The third-order valence-electron chi connectivity index (χ3n) is 4.90. The van der Waals surface area contributed by atoms with E-state index in [0.29, 0.717) is 12.0 Å². The third-order valence-corrected chi connectivity index (χ3v) is 5.73. The number of thiazole rings is 1. The van der Waals surface area contributed by atoms with Crippen molar-refractivity contribution in [2.24, 2.45) is 5.92 Å². The van der Waals surface area contributed by atoms with E-state index in [9.17, 15) is 4.79 Å². The summed E-state index contributed by atoms with van der Waals surface area (Å²) >= 11 is 1.71. The van der Waals surface area contributed by atoms with Crippen LogP contribution in [0, 0.1) is 12.8 Å². The Kier molecular flexibility index (Phi) is 3.92. The van der Waals surface area contributed by atoms with E-state index in [1.807, 2.05) is 6.92 Å². The second-order valence-electron chi connectivity index (χ2n) is 6.82. The van der Waals surface area contributed by atoms with Crippen LogP contribution in [0.15, 0.2) is 5.38 Å². The highest BCUT2D eigenvalue weighted by atomic mass is 32.1. The Morgan fingerprint density at radius 2 is 2.36 bits per heavy atom. The van der Waals surface area contributed by atoms with Crippen LogP contribution in [0.25, 0.3) is 0 Å². The fraction of sp³-hybridized carbons (Fsp3) is 0.750. The summed E-state index contributed by atoms with van der Waals surface area (Å²) < 4.78 is 6.06. The standard InChI is InChI=1S/C16H23N3O2S/c1-10-17-13(9-22-10)7-19-5-4-11-6-14(21-15(11)8-19)16(20)18-12-2-3-12/h9,11-12,14-15H,2-8H2,1H3,(H,18,20)/t11-,14+,15-/m0/s1. The molecular formula is C16H23N3O2S. The number of aryl methyl sites for hydroxylation is 1. The van der Waals surface area contributed by atoms with Gasteiger partial charge in [0.1, 0.15) is 6.10 Å². The molecule has 0 bridgehead atoms. The number of carbonyl (C=O) groups excluding carboxylic acids is 1. The maximum atomic E-state index is 12.2. The van der Waals surface area contributed by atoms with Gasteiger partial charge in [0, 0.05) is 24.5 Å². The lowest BCUT2D eigenvalue weighted by molar-refractivity contribution is -0.133. The topological polar surface area (TPSA) is 54.5 Å². The van der Waals surface area contributed by atoms with Crippen molar-refractivity contribution in [2.45, 2.75) is 57.4 Å². The number of nitrogens with one attached hydrogen (secondary N) is 1. The molecule has 0 aromatic carbocycles. The molecule has 6 heteroatoms. The smallest absolute Gasteiger partial charge is 0.249 e. The van der Waals surface area contributed by atoms with Gasteiger partial charge in [-0.05, 0) is 45.1 Å². The molecule has 3 heterocycles. The molecule has 2 aliphatic heterocycles. The lowest BCUT2D eigenvalue weighted by atomic mass is 9.91. The number of amides is 1. The van der Waals surface area contributed by atoms with Gasteiger partial charge in [-0.2, -0.15) is 0 Å². The van der Waals surface area contributed by atoms with Crippen molar-refractivity contribution in [3.63, 3.8) is 0 Å². The molecule has 2 saturated heterocycles. The minimum Gasteiger partial charge on any atom is -0.364 e.